The zero-order valence-electron chi connectivity index (χ0n) is 21.2. The fraction of sp³-hybridized carbons (Fsp3) is 0.367. The number of hydrogen-bond acceptors (Lipinski definition) is 3. The molecule has 0 atom stereocenters. The van der Waals surface area contributed by atoms with Crippen molar-refractivity contribution in [1.29, 1.82) is 0 Å². The van der Waals surface area contributed by atoms with Crippen LogP contribution in [0, 0.1) is 17.8 Å². The number of allylic oxidation sites excluding steroid dienone is 1. The van der Waals surface area contributed by atoms with Crippen molar-refractivity contribution in [3.8, 4) is 23.0 Å². The maximum absolute atomic E-state index is 13.1. The van der Waals surface area contributed by atoms with E-state index >= 15 is 0 Å². The highest BCUT2D eigenvalue weighted by Gasteiger charge is 2.24. The lowest BCUT2D eigenvalue weighted by Crippen LogP contribution is -2.39. The monoisotopic (exact) mass is 469 g/mol. The van der Waals surface area contributed by atoms with E-state index in [1.807, 2.05) is 45.0 Å². The summed E-state index contributed by atoms with van der Waals surface area (Å²) in [6.45, 7) is 9.19. The Morgan fingerprint density at radius 1 is 1.09 bits per heavy atom. The number of anilines is 1. The molecule has 2 aromatic carbocycles. The molecular formula is C30H35N3O2. The molecule has 0 saturated carbocycles. The molecule has 1 N–H and O–H groups in total. The van der Waals surface area contributed by atoms with Crippen LogP contribution in [0.3, 0.4) is 0 Å². The molecular weight excluding hydrogens is 434 g/mol. The summed E-state index contributed by atoms with van der Waals surface area (Å²) in [5.74, 6) is 5.45. The molecule has 0 spiro atoms. The van der Waals surface area contributed by atoms with Crippen LogP contribution < -0.4 is 5.32 Å². The topological polar surface area (TPSA) is 61.8 Å². The lowest BCUT2D eigenvalue weighted by molar-refractivity contribution is -0.126. The van der Waals surface area contributed by atoms with Crippen molar-refractivity contribution in [3.05, 3.63) is 65.9 Å². The molecule has 5 heteroatoms. The molecule has 2 amide bonds. The van der Waals surface area contributed by atoms with E-state index in [9.17, 15) is 9.59 Å². The summed E-state index contributed by atoms with van der Waals surface area (Å²) < 4.78 is 0. The van der Waals surface area contributed by atoms with Crippen LogP contribution in [0.25, 0.3) is 11.1 Å². The minimum absolute atomic E-state index is 0.101. The van der Waals surface area contributed by atoms with Gasteiger partial charge in [-0.1, -0.05) is 68.3 Å². The molecule has 2 aromatic rings. The number of carbonyl (C=O) groups excluding carboxylic acids is 2. The molecule has 35 heavy (non-hydrogen) atoms. The number of likely N-dealkylation sites (tertiary alicyclic amines) is 1. The van der Waals surface area contributed by atoms with Crippen LogP contribution in [-0.4, -0.2) is 35.5 Å². The van der Waals surface area contributed by atoms with Crippen molar-refractivity contribution >= 4 is 23.2 Å². The number of benzene rings is 2. The Hall–Kier alpha value is -3.65. The molecule has 1 heterocycles. The summed E-state index contributed by atoms with van der Waals surface area (Å²) in [5, 5.41) is 3.06. The van der Waals surface area contributed by atoms with Crippen LogP contribution >= 0.6 is 0 Å². The average molecular weight is 470 g/mol. The first-order chi connectivity index (χ1) is 17.0. The van der Waals surface area contributed by atoms with Gasteiger partial charge in [-0.15, -0.1) is 0 Å². The summed E-state index contributed by atoms with van der Waals surface area (Å²) >= 11 is 0. The maximum Gasteiger partial charge on any atom is 0.298 e. The number of aryl methyl sites for hydroxylation is 1. The van der Waals surface area contributed by atoms with Gasteiger partial charge in [0.15, 0.2) is 0 Å². The van der Waals surface area contributed by atoms with Crippen LogP contribution in [0.5, 0.6) is 0 Å². The van der Waals surface area contributed by atoms with Gasteiger partial charge in [-0.25, -0.2) is 0 Å². The van der Waals surface area contributed by atoms with Gasteiger partial charge >= 0.3 is 0 Å². The predicted molar refractivity (Wildman–Crippen MR) is 144 cm³/mol. The van der Waals surface area contributed by atoms with Crippen molar-refractivity contribution in [1.82, 2.24) is 4.90 Å². The minimum Gasteiger partial charge on any atom is -0.332 e. The number of amides is 2. The van der Waals surface area contributed by atoms with Gasteiger partial charge in [0.1, 0.15) is 5.70 Å². The number of carbonyl (C=O) groups is 2. The SMILES string of the molecule is C/C=C(\N=C(C)C1CCN(C(=O)C#CCC)CC1)C(=O)Nc1ccccc1-c1ccc(CC)cc1. The van der Waals surface area contributed by atoms with Crippen LogP contribution in [-0.2, 0) is 16.0 Å². The number of piperidine rings is 1. The van der Waals surface area contributed by atoms with E-state index in [0.717, 1.165) is 41.8 Å². The first-order valence-electron chi connectivity index (χ1n) is 12.5. The molecule has 0 radical (unpaired) electrons. The van der Waals surface area contributed by atoms with Gasteiger partial charge in [-0.3, -0.25) is 14.6 Å². The summed E-state index contributed by atoms with van der Waals surface area (Å²) in [6.07, 6.45) is 5.06. The molecule has 3 rings (SSSR count). The van der Waals surface area contributed by atoms with Crippen LogP contribution in [0.2, 0.25) is 0 Å². The Bertz CT molecular complexity index is 1160. The number of nitrogens with one attached hydrogen (secondary N) is 1. The number of rotatable bonds is 6. The molecule has 1 fully saturated rings. The summed E-state index contributed by atoms with van der Waals surface area (Å²) in [7, 11) is 0. The molecule has 5 nitrogen and oxygen atoms in total. The fourth-order valence-corrected chi connectivity index (χ4v) is 4.22. The summed E-state index contributed by atoms with van der Waals surface area (Å²) in [6, 6.07) is 16.2. The van der Waals surface area contributed by atoms with E-state index in [0.29, 0.717) is 25.2 Å². The van der Waals surface area contributed by atoms with E-state index in [1.165, 1.54) is 5.56 Å². The zero-order chi connectivity index (χ0) is 25.2. The molecule has 182 valence electrons. The third-order valence-corrected chi connectivity index (χ3v) is 6.40. The number of hydrogen-bond donors (Lipinski definition) is 1. The predicted octanol–water partition coefficient (Wildman–Crippen LogP) is 5.87. The quantitative estimate of drug-likeness (QED) is 0.327. The van der Waals surface area contributed by atoms with E-state index in [1.54, 1.807) is 11.0 Å². The first-order valence-corrected chi connectivity index (χ1v) is 12.5. The highest BCUT2D eigenvalue weighted by molar-refractivity contribution is 6.07. The van der Waals surface area contributed by atoms with E-state index in [-0.39, 0.29) is 17.7 Å². The molecule has 1 aliphatic rings. The Kier molecular flexibility index (Phi) is 9.43. The van der Waals surface area contributed by atoms with E-state index in [2.05, 4.69) is 48.3 Å². The first kappa shape index (κ1) is 26.0. The van der Waals surface area contributed by atoms with Crippen molar-refractivity contribution in [3.63, 3.8) is 0 Å². The Morgan fingerprint density at radius 2 is 1.77 bits per heavy atom. The maximum atomic E-state index is 13.1. The molecule has 1 aliphatic heterocycles. The zero-order valence-corrected chi connectivity index (χ0v) is 21.2. The second kappa shape index (κ2) is 12.7. The normalized spacial score (nSPS) is 14.8. The third-order valence-electron chi connectivity index (χ3n) is 6.40. The van der Waals surface area contributed by atoms with Gasteiger partial charge in [0.05, 0.1) is 0 Å². The smallest absolute Gasteiger partial charge is 0.298 e. The minimum atomic E-state index is -0.230. The molecule has 0 aromatic heterocycles. The Morgan fingerprint density at radius 3 is 2.40 bits per heavy atom. The van der Waals surface area contributed by atoms with Crippen molar-refractivity contribution in [2.75, 3.05) is 18.4 Å². The van der Waals surface area contributed by atoms with E-state index < -0.39 is 0 Å². The fourth-order valence-electron chi connectivity index (χ4n) is 4.22. The number of para-hydroxylation sites is 1. The molecule has 0 bridgehead atoms. The van der Waals surface area contributed by atoms with Gasteiger partial charge in [-0.2, -0.15) is 0 Å². The largest absolute Gasteiger partial charge is 0.332 e. The summed E-state index contributed by atoms with van der Waals surface area (Å²) in [5.41, 5.74) is 5.39. The Labute approximate surface area is 209 Å². The second-order valence-electron chi connectivity index (χ2n) is 8.70. The second-order valence-corrected chi connectivity index (χ2v) is 8.70. The van der Waals surface area contributed by atoms with Gasteiger partial charge in [-0.05, 0) is 56.2 Å². The molecule has 0 unspecified atom stereocenters. The van der Waals surface area contributed by atoms with Crippen LogP contribution in [0.1, 0.15) is 52.5 Å². The summed E-state index contributed by atoms with van der Waals surface area (Å²) in [4.78, 5) is 31.8. The van der Waals surface area contributed by atoms with Crippen LogP contribution in [0.15, 0.2) is 65.3 Å². The highest BCUT2D eigenvalue weighted by atomic mass is 16.2. The molecule has 1 saturated heterocycles. The lowest BCUT2D eigenvalue weighted by Gasteiger charge is -2.30. The van der Waals surface area contributed by atoms with Gasteiger partial charge < -0.3 is 10.2 Å². The Balaban J connectivity index is 1.68. The highest BCUT2D eigenvalue weighted by Crippen LogP contribution is 2.29. The average Bonchev–Trinajstić information content (AvgIpc) is 2.90. The van der Waals surface area contributed by atoms with Gasteiger partial charge in [0.25, 0.3) is 11.8 Å². The van der Waals surface area contributed by atoms with E-state index in [4.69, 9.17) is 4.99 Å². The standard InChI is InChI=1S/C30H35N3O2/c1-5-8-13-29(34)33-20-18-24(19-21-33)22(4)31-27(7-3)30(35)32-28-12-10-9-11-26(28)25-16-14-23(6-2)15-17-25/h7,9-12,14-17,24H,5-6,18-21H2,1-4H3,(H,32,35)/b27-7-,31-22?. The van der Waals surface area contributed by atoms with Crippen molar-refractivity contribution in [2.45, 2.75) is 53.4 Å². The third kappa shape index (κ3) is 6.93. The van der Waals surface area contributed by atoms with Gasteiger partial charge in [0.2, 0.25) is 0 Å². The lowest BCUT2D eigenvalue weighted by atomic mass is 9.92. The number of nitrogens with zero attached hydrogens (tertiary/aromatic N) is 2. The van der Waals surface area contributed by atoms with Crippen molar-refractivity contribution < 1.29 is 9.59 Å². The molecule has 0 aliphatic carbocycles. The van der Waals surface area contributed by atoms with Gasteiger partial charge in [0, 0.05) is 42.4 Å². The number of aliphatic imine (C=N–C) groups is 1. The van der Waals surface area contributed by atoms with Crippen LogP contribution in [0.4, 0.5) is 5.69 Å². The van der Waals surface area contributed by atoms with Crippen molar-refractivity contribution in [2.24, 2.45) is 10.9 Å².